The number of alkyl halides is 6. The second kappa shape index (κ2) is 13.5. The van der Waals surface area contributed by atoms with E-state index in [2.05, 4.69) is 32.0 Å². The second-order valence-corrected chi connectivity index (χ2v) is 12.2. The van der Waals surface area contributed by atoms with Crippen LogP contribution in [0.1, 0.15) is 50.5 Å². The maximum absolute atomic E-state index is 13.7. The van der Waals surface area contributed by atoms with Crippen LogP contribution in [0.5, 0.6) is 0 Å². The molecule has 1 spiro atoms. The van der Waals surface area contributed by atoms with Crippen molar-refractivity contribution in [3.05, 3.63) is 16.6 Å². The van der Waals surface area contributed by atoms with Gasteiger partial charge in [0, 0.05) is 37.8 Å². The van der Waals surface area contributed by atoms with E-state index in [4.69, 9.17) is 19.8 Å². The third-order valence-corrected chi connectivity index (χ3v) is 9.63. The van der Waals surface area contributed by atoms with Gasteiger partial charge < -0.3 is 20.0 Å². The number of carbonyl (C=O) groups is 3. The number of amides is 1. The van der Waals surface area contributed by atoms with E-state index < -0.39 is 24.3 Å². The van der Waals surface area contributed by atoms with E-state index >= 15 is 0 Å². The summed E-state index contributed by atoms with van der Waals surface area (Å²) in [6.07, 6.45) is -0.957. The number of carboxylic acids is 2. The van der Waals surface area contributed by atoms with Gasteiger partial charge in [-0.05, 0) is 69.5 Å². The molecule has 1 saturated carbocycles. The van der Waals surface area contributed by atoms with Crippen molar-refractivity contribution in [3.63, 3.8) is 0 Å². The highest BCUT2D eigenvalue weighted by Crippen LogP contribution is 2.62. The summed E-state index contributed by atoms with van der Waals surface area (Å²) in [6, 6.07) is 0. The summed E-state index contributed by atoms with van der Waals surface area (Å²) in [7, 11) is 0. The van der Waals surface area contributed by atoms with Crippen LogP contribution in [-0.4, -0.2) is 106 Å². The number of hydrogen-bond donors (Lipinski definition) is 2. The largest absolute Gasteiger partial charge is 0.490 e. The molecule has 2 N–H and O–H groups in total. The molecule has 0 radical (unpaired) electrons. The quantitative estimate of drug-likeness (QED) is 0.473. The number of aromatic nitrogens is 1. The number of fused-ring (bicyclic) bond motifs is 2. The number of carboxylic acid groups (broad SMARTS) is 2. The van der Waals surface area contributed by atoms with E-state index in [0.29, 0.717) is 17.2 Å². The third kappa shape index (κ3) is 7.92. The SMILES string of the molecule is CCN1C[C@H]2C3(CCN(Cc4nccs4)CC3)CC[C@@]2(C(=O)N2CCCC2)C1.O=C(O)C(F)(F)F.O=C(O)C(F)(F)F. The van der Waals surface area contributed by atoms with Crippen LogP contribution < -0.4 is 0 Å². The third-order valence-electron chi connectivity index (χ3n) is 8.87. The van der Waals surface area contributed by atoms with Crippen LogP contribution in [0.25, 0.3) is 0 Å². The van der Waals surface area contributed by atoms with Crippen molar-refractivity contribution in [2.24, 2.45) is 16.7 Å². The molecule has 238 valence electrons. The minimum absolute atomic E-state index is 0.0855. The summed E-state index contributed by atoms with van der Waals surface area (Å²) in [5, 5.41) is 17.6. The lowest BCUT2D eigenvalue weighted by molar-refractivity contribution is -0.193. The van der Waals surface area contributed by atoms with E-state index in [1.165, 1.54) is 37.1 Å². The summed E-state index contributed by atoms with van der Waals surface area (Å²) in [6.45, 7) is 10.8. The number of thiazole rings is 1. The van der Waals surface area contributed by atoms with Crippen LogP contribution in [0.4, 0.5) is 26.3 Å². The summed E-state index contributed by atoms with van der Waals surface area (Å²) < 4.78 is 63.5. The number of aliphatic carboxylic acids is 2. The molecule has 9 nitrogen and oxygen atoms in total. The molecule has 0 aromatic carbocycles. The highest BCUT2D eigenvalue weighted by Gasteiger charge is 2.64. The first-order chi connectivity index (χ1) is 19.5. The lowest BCUT2D eigenvalue weighted by Gasteiger charge is -2.44. The highest BCUT2D eigenvalue weighted by atomic mass is 32.1. The van der Waals surface area contributed by atoms with E-state index in [1.807, 2.05) is 6.20 Å². The number of halogens is 6. The van der Waals surface area contributed by atoms with Gasteiger partial charge in [0.25, 0.3) is 0 Å². The molecular formula is C26H36F6N4O5S. The maximum atomic E-state index is 13.7. The van der Waals surface area contributed by atoms with Crippen molar-refractivity contribution in [1.82, 2.24) is 19.7 Å². The van der Waals surface area contributed by atoms with Gasteiger partial charge >= 0.3 is 24.3 Å². The highest BCUT2D eigenvalue weighted by molar-refractivity contribution is 7.09. The molecule has 3 aliphatic heterocycles. The molecular weight excluding hydrogens is 594 g/mol. The van der Waals surface area contributed by atoms with Crippen molar-refractivity contribution < 1.29 is 50.9 Å². The number of piperidine rings is 1. The van der Waals surface area contributed by atoms with Gasteiger partial charge in [-0.25, -0.2) is 14.6 Å². The molecule has 42 heavy (non-hydrogen) atoms. The molecule has 3 saturated heterocycles. The fraction of sp³-hybridized carbons (Fsp3) is 0.769. The number of rotatable bonds is 4. The lowest BCUT2D eigenvalue weighted by atomic mass is 9.65. The van der Waals surface area contributed by atoms with Crippen LogP contribution >= 0.6 is 11.3 Å². The molecule has 1 aliphatic carbocycles. The molecule has 0 bridgehead atoms. The second-order valence-electron chi connectivity index (χ2n) is 11.2. The summed E-state index contributed by atoms with van der Waals surface area (Å²) in [5.74, 6) is -4.44. The van der Waals surface area contributed by atoms with E-state index in [-0.39, 0.29) is 5.41 Å². The van der Waals surface area contributed by atoms with Crippen LogP contribution in [0, 0.1) is 16.7 Å². The molecule has 0 unspecified atom stereocenters. The Balaban J connectivity index is 0.000000289. The standard InChI is InChI=1S/C22H34N4OS.2C2HF3O2/c1-2-24-15-18-21(7-12-25(13-8-21)16-19-23-9-14-28-19)5-6-22(18,17-24)20(27)26-10-3-4-11-26;2*3-2(4,5)1(6)7/h9,14,18H,2-8,10-13,15-17H2,1H3;2*(H,6,7)/t18-,22+;;/m0../s1. The predicted octanol–water partition coefficient (Wildman–Crippen LogP) is 4.35. The van der Waals surface area contributed by atoms with E-state index in [0.717, 1.165) is 58.8 Å². The average Bonchev–Trinajstić information content (AvgIpc) is 3.72. The number of carbonyl (C=O) groups excluding carboxylic acids is 1. The Morgan fingerprint density at radius 2 is 1.48 bits per heavy atom. The van der Waals surface area contributed by atoms with Crippen molar-refractivity contribution in [2.45, 2.75) is 64.3 Å². The van der Waals surface area contributed by atoms with E-state index in [1.54, 1.807) is 11.3 Å². The Bertz CT molecular complexity index is 1050. The maximum Gasteiger partial charge on any atom is 0.490 e. The van der Waals surface area contributed by atoms with Crippen LogP contribution in [0.2, 0.25) is 0 Å². The molecule has 4 heterocycles. The summed E-state index contributed by atoms with van der Waals surface area (Å²) in [5.41, 5.74) is 0.302. The van der Waals surface area contributed by atoms with Crippen LogP contribution in [0.3, 0.4) is 0 Å². The fourth-order valence-electron chi connectivity index (χ4n) is 6.76. The Hall–Kier alpha value is -2.46. The first-order valence-electron chi connectivity index (χ1n) is 13.8. The topological polar surface area (TPSA) is 114 Å². The number of likely N-dealkylation sites (tertiary alicyclic amines) is 3. The molecule has 1 aromatic heterocycles. The van der Waals surface area contributed by atoms with Gasteiger partial charge in [-0.3, -0.25) is 9.69 Å². The number of hydrogen-bond acceptors (Lipinski definition) is 7. The van der Waals surface area contributed by atoms with Crippen LogP contribution in [0.15, 0.2) is 11.6 Å². The molecule has 16 heteroatoms. The van der Waals surface area contributed by atoms with Crippen LogP contribution in [-0.2, 0) is 20.9 Å². The fourth-order valence-corrected chi connectivity index (χ4v) is 7.42. The Labute approximate surface area is 243 Å². The van der Waals surface area contributed by atoms with Gasteiger partial charge in [0.15, 0.2) is 0 Å². The van der Waals surface area contributed by atoms with Gasteiger partial charge in [0.05, 0.1) is 12.0 Å². The van der Waals surface area contributed by atoms with Gasteiger partial charge in [-0.15, -0.1) is 11.3 Å². The van der Waals surface area contributed by atoms with Gasteiger partial charge in [0.2, 0.25) is 5.91 Å². The summed E-state index contributed by atoms with van der Waals surface area (Å²) >= 11 is 1.77. The first kappa shape index (κ1) is 34.0. The summed E-state index contributed by atoms with van der Waals surface area (Å²) in [4.78, 5) is 43.3. The minimum Gasteiger partial charge on any atom is -0.475 e. The van der Waals surface area contributed by atoms with Gasteiger partial charge in [-0.1, -0.05) is 6.92 Å². The van der Waals surface area contributed by atoms with Gasteiger partial charge in [0.1, 0.15) is 5.01 Å². The monoisotopic (exact) mass is 630 g/mol. The molecule has 2 atom stereocenters. The molecule has 4 aliphatic rings. The first-order valence-corrected chi connectivity index (χ1v) is 14.6. The predicted molar refractivity (Wildman–Crippen MR) is 140 cm³/mol. The molecule has 1 aromatic rings. The smallest absolute Gasteiger partial charge is 0.475 e. The van der Waals surface area contributed by atoms with Crippen molar-refractivity contribution >= 4 is 29.2 Å². The normalized spacial score (nSPS) is 25.8. The zero-order valence-corrected chi connectivity index (χ0v) is 24.0. The van der Waals surface area contributed by atoms with Gasteiger partial charge in [-0.2, -0.15) is 26.3 Å². The zero-order valence-electron chi connectivity index (χ0n) is 23.2. The number of nitrogens with zero attached hydrogens (tertiary/aromatic N) is 4. The Morgan fingerprint density at radius 1 is 0.929 bits per heavy atom. The molecule has 4 fully saturated rings. The molecule has 1 amide bonds. The average molecular weight is 631 g/mol. The Kier molecular flexibility index (Phi) is 10.9. The van der Waals surface area contributed by atoms with Crippen molar-refractivity contribution in [3.8, 4) is 0 Å². The van der Waals surface area contributed by atoms with Crippen molar-refractivity contribution in [2.75, 3.05) is 45.8 Å². The Morgan fingerprint density at radius 3 is 1.93 bits per heavy atom. The van der Waals surface area contributed by atoms with Crippen molar-refractivity contribution in [1.29, 1.82) is 0 Å². The lowest BCUT2D eigenvalue weighted by Crippen LogP contribution is -2.49. The minimum atomic E-state index is -5.08. The van der Waals surface area contributed by atoms with E-state index in [9.17, 15) is 31.1 Å². The molecule has 5 rings (SSSR count). The zero-order chi connectivity index (χ0) is 31.3.